The number of para-hydroxylation sites is 1. The minimum Gasteiger partial charge on any atom is -0.348 e. The van der Waals surface area contributed by atoms with Crippen LogP contribution in [0, 0.1) is 6.92 Å². The number of rotatable bonds is 6. The third kappa shape index (κ3) is 4.79. The number of benzene rings is 2. The highest BCUT2D eigenvalue weighted by Crippen LogP contribution is 2.19. The Balaban J connectivity index is 1.76. The van der Waals surface area contributed by atoms with Crippen LogP contribution in [0.2, 0.25) is 0 Å². The second-order valence-electron chi connectivity index (χ2n) is 6.25. The number of amides is 1. The smallest absolute Gasteiger partial charge is 0.255 e. The average Bonchev–Trinajstić information content (AvgIpc) is 3.02. The molecule has 0 spiro atoms. The summed E-state index contributed by atoms with van der Waals surface area (Å²) in [5, 5.41) is 7.13. The quantitative estimate of drug-likeness (QED) is 0.587. The number of hydrogen-bond acceptors (Lipinski definition) is 4. The van der Waals surface area contributed by atoms with Gasteiger partial charge in [-0.05, 0) is 42.8 Å². The molecular formula is C19H19BrN4O3S. The van der Waals surface area contributed by atoms with Gasteiger partial charge in [-0.2, -0.15) is 5.10 Å². The maximum Gasteiger partial charge on any atom is 0.255 e. The van der Waals surface area contributed by atoms with Gasteiger partial charge >= 0.3 is 0 Å². The lowest BCUT2D eigenvalue weighted by molar-refractivity contribution is 0.0950. The highest BCUT2D eigenvalue weighted by Gasteiger charge is 2.16. The molecule has 3 rings (SSSR count). The SMILES string of the molecule is Cc1c(C(=O)NCc2ccccc2NS(C)(=O)=O)cnn1-c1ccc(Br)cc1. The van der Waals surface area contributed by atoms with Crippen molar-refractivity contribution in [1.29, 1.82) is 0 Å². The first-order valence-corrected chi connectivity index (χ1v) is 11.1. The van der Waals surface area contributed by atoms with Gasteiger partial charge in [0, 0.05) is 11.0 Å². The van der Waals surface area contributed by atoms with Gasteiger partial charge in [0.2, 0.25) is 10.0 Å². The van der Waals surface area contributed by atoms with Crippen LogP contribution in [0.15, 0.2) is 59.2 Å². The number of sulfonamides is 1. The summed E-state index contributed by atoms with van der Waals surface area (Å²) in [6.45, 7) is 2.00. The summed E-state index contributed by atoms with van der Waals surface area (Å²) in [7, 11) is -3.41. The molecule has 0 aliphatic heterocycles. The first kappa shape index (κ1) is 20.1. The molecule has 9 heteroatoms. The number of nitrogens with zero attached hydrogens (tertiary/aromatic N) is 2. The summed E-state index contributed by atoms with van der Waals surface area (Å²) >= 11 is 3.40. The minimum atomic E-state index is -3.41. The Kier molecular flexibility index (Phi) is 5.85. The van der Waals surface area contributed by atoms with E-state index >= 15 is 0 Å². The maximum absolute atomic E-state index is 12.6. The topological polar surface area (TPSA) is 93.1 Å². The van der Waals surface area contributed by atoms with Crippen molar-refractivity contribution < 1.29 is 13.2 Å². The standard InChI is InChI=1S/C19H19BrN4O3S/c1-13-17(12-22-24(13)16-9-7-15(20)8-10-16)19(25)21-11-14-5-3-4-6-18(14)23-28(2,26)27/h3-10,12,23H,11H2,1-2H3,(H,21,25). The molecule has 3 aromatic rings. The van der Waals surface area contributed by atoms with Crippen molar-refractivity contribution in [2.24, 2.45) is 0 Å². The van der Waals surface area contributed by atoms with Crippen molar-refractivity contribution in [3.63, 3.8) is 0 Å². The summed E-state index contributed by atoms with van der Waals surface area (Å²) in [6.07, 6.45) is 2.61. The van der Waals surface area contributed by atoms with Crippen LogP contribution < -0.4 is 10.0 Å². The second kappa shape index (κ2) is 8.15. The van der Waals surface area contributed by atoms with Crippen molar-refractivity contribution in [1.82, 2.24) is 15.1 Å². The van der Waals surface area contributed by atoms with Crippen LogP contribution in [0.1, 0.15) is 21.6 Å². The van der Waals surface area contributed by atoms with Crippen molar-refractivity contribution in [3.05, 3.63) is 76.0 Å². The van der Waals surface area contributed by atoms with Gasteiger partial charge in [-0.3, -0.25) is 9.52 Å². The molecule has 7 nitrogen and oxygen atoms in total. The summed E-state index contributed by atoms with van der Waals surface area (Å²) < 4.78 is 28.1. The van der Waals surface area contributed by atoms with E-state index in [9.17, 15) is 13.2 Å². The largest absolute Gasteiger partial charge is 0.348 e. The molecule has 0 unspecified atom stereocenters. The molecule has 0 bridgehead atoms. The molecule has 1 amide bonds. The summed E-state index contributed by atoms with van der Waals surface area (Å²) in [5.74, 6) is -0.282. The monoisotopic (exact) mass is 462 g/mol. The van der Waals surface area contributed by atoms with Crippen molar-refractivity contribution >= 4 is 37.5 Å². The molecule has 1 heterocycles. The number of carbonyl (C=O) groups excluding carboxylic acids is 1. The Hall–Kier alpha value is -2.65. The molecule has 28 heavy (non-hydrogen) atoms. The fourth-order valence-electron chi connectivity index (χ4n) is 2.72. The molecule has 1 aromatic heterocycles. The molecule has 0 radical (unpaired) electrons. The molecule has 0 aliphatic carbocycles. The van der Waals surface area contributed by atoms with Gasteiger partial charge in [-0.15, -0.1) is 0 Å². The lowest BCUT2D eigenvalue weighted by Gasteiger charge is -2.11. The fraction of sp³-hybridized carbons (Fsp3) is 0.158. The third-order valence-electron chi connectivity index (χ3n) is 4.08. The number of halogens is 1. The van der Waals surface area contributed by atoms with Crippen LogP contribution in [0.3, 0.4) is 0 Å². The van der Waals surface area contributed by atoms with Crippen LogP contribution in [-0.2, 0) is 16.6 Å². The van der Waals surface area contributed by atoms with Crippen LogP contribution in [0.5, 0.6) is 0 Å². The number of hydrogen-bond donors (Lipinski definition) is 2. The predicted molar refractivity (Wildman–Crippen MR) is 112 cm³/mol. The molecule has 0 aliphatic rings. The highest BCUT2D eigenvalue weighted by atomic mass is 79.9. The van der Waals surface area contributed by atoms with Gasteiger partial charge in [0.15, 0.2) is 0 Å². The Morgan fingerprint density at radius 1 is 1.14 bits per heavy atom. The fourth-order valence-corrected chi connectivity index (χ4v) is 3.58. The van der Waals surface area contributed by atoms with Crippen LogP contribution in [0.4, 0.5) is 5.69 Å². The molecule has 0 saturated carbocycles. The number of nitrogens with one attached hydrogen (secondary N) is 2. The zero-order chi connectivity index (χ0) is 20.3. The Bertz CT molecular complexity index is 1110. The molecular weight excluding hydrogens is 444 g/mol. The first-order chi connectivity index (χ1) is 13.2. The Morgan fingerprint density at radius 2 is 1.82 bits per heavy atom. The average molecular weight is 463 g/mol. The van der Waals surface area contributed by atoms with E-state index in [2.05, 4.69) is 31.1 Å². The summed E-state index contributed by atoms with van der Waals surface area (Å²) in [6, 6.07) is 14.5. The van der Waals surface area contributed by atoms with Gasteiger partial charge < -0.3 is 5.32 Å². The van der Waals surface area contributed by atoms with Gasteiger partial charge in [-0.25, -0.2) is 13.1 Å². The summed E-state index contributed by atoms with van der Waals surface area (Å²) in [4.78, 5) is 12.6. The second-order valence-corrected chi connectivity index (χ2v) is 8.91. The molecule has 0 saturated heterocycles. The van der Waals surface area contributed by atoms with Gasteiger partial charge in [-0.1, -0.05) is 34.1 Å². The van der Waals surface area contributed by atoms with Gasteiger partial charge in [0.25, 0.3) is 5.91 Å². The molecule has 146 valence electrons. The van der Waals surface area contributed by atoms with E-state index in [1.165, 1.54) is 6.20 Å². The van der Waals surface area contributed by atoms with Crippen LogP contribution in [0.25, 0.3) is 5.69 Å². The number of anilines is 1. The molecule has 0 fully saturated rings. The highest BCUT2D eigenvalue weighted by molar-refractivity contribution is 9.10. The van der Waals surface area contributed by atoms with E-state index in [0.29, 0.717) is 22.5 Å². The Morgan fingerprint density at radius 3 is 2.50 bits per heavy atom. The van der Waals surface area contributed by atoms with E-state index < -0.39 is 10.0 Å². The lowest BCUT2D eigenvalue weighted by Crippen LogP contribution is -2.24. The van der Waals surface area contributed by atoms with Gasteiger partial charge in [0.05, 0.1) is 35.1 Å². The zero-order valence-corrected chi connectivity index (χ0v) is 17.7. The van der Waals surface area contributed by atoms with E-state index in [1.54, 1.807) is 28.9 Å². The summed E-state index contributed by atoms with van der Waals surface area (Å²) in [5.41, 5.74) is 3.12. The van der Waals surface area contributed by atoms with Crippen LogP contribution >= 0.6 is 15.9 Å². The first-order valence-electron chi connectivity index (χ1n) is 8.39. The van der Waals surface area contributed by atoms with Crippen molar-refractivity contribution in [2.45, 2.75) is 13.5 Å². The van der Waals surface area contributed by atoms with Gasteiger partial charge in [0.1, 0.15) is 0 Å². The maximum atomic E-state index is 12.6. The third-order valence-corrected chi connectivity index (χ3v) is 5.20. The normalized spacial score (nSPS) is 11.2. The van der Waals surface area contributed by atoms with Crippen LogP contribution in [-0.4, -0.2) is 30.4 Å². The predicted octanol–water partition coefficient (Wildman–Crippen LogP) is 3.24. The molecule has 2 aromatic carbocycles. The zero-order valence-electron chi connectivity index (χ0n) is 15.3. The van der Waals surface area contributed by atoms with Crippen molar-refractivity contribution in [3.8, 4) is 5.69 Å². The van der Waals surface area contributed by atoms with Crippen molar-refractivity contribution in [2.75, 3.05) is 11.0 Å². The Labute approximate surface area is 172 Å². The van der Waals surface area contributed by atoms with E-state index in [1.807, 2.05) is 31.2 Å². The number of aromatic nitrogens is 2. The number of carbonyl (C=O) groups is 1. The van der Waals surface area contributed by atoms with E-state index in [0.717, 1.165) is 16.4 Å². The van der Waals surface area contributed by atoms with E-state index in [-0.39, 0.29) is 12.5 Å². The van der Waals surface area contributed by atoms with E-state index in [4.69, 9.17) is 0 Å². The molecule has 2 N–H and O–H groups in total. The minimum absolute atomic E-state index is 0.181. The lowest BCUT2D eigenvalue weighted by atomic mass is 10.1. The molecule has 0 atom stereocenters.